The number of halogens is 3. The molecule has 4 rings (SSSR count). The van der Waals surface area contributed by atoms with E-state index in [2.05, 4.69) is 20.2 Å². The van der Waals surface area contributed by atoms with Crippen LogP contribution < -0.4 is 15.0 Å². The third kappa shape index (κ3) is 5.49. The van der Waals surface area contributed by atoms with Gasteiger partial charge in [-0.1, -0.05) is 0 Å². The molecule has 0 bridgehead atoms. The Morgan fingerprint density at radius 3 is 2.60 bits per heavy atom. The van der Waals surface area contributed by atoms with E-state index in [1.807, 2.05) is 6.07 Å². The van der Waals surface area contributed by atoms with Gasteiger partial charge in [0.05, 0.1) is 25.2 Å². The number of nitrogens with one attached hydrogen (secondary N) is 1. The van der Waals surface area contributed by atoms with Crippen molar-refractivity contribution in [2.45, 2.75) is 50.0 Å². The first-order valence-corrected chi connectivity index (χ1v) is 9.53. The van der Waals surface area contributed by atoms with E-state index in [4.69, 9.17) is 19.4 Å². The fourth-order valence-electron chi connectivity index (χ4n) is 3.55. The minimum absolute atomic E-state index is 0.0593. The molecule has 1 aromatic heterocycles. The Bertz CT molecular complexity index is 774. The molecule has 9 nitrogen and oxygen atoms in total. The van der Waals surface area contributed by atoms with Gasteiger partial charge in [0.15, 0.2) is 0 Å². The molecular weight excluding hydrogens is 409 g/mol. The van der Waals surface area contributed by atoms with Crippen molar-refractivity contribution in [3.8, 4) is 5.88 Å². The zero-order valence-corrected chi connectivity index (χ0v) is 16.3. The second-order valence-electron chi connectivity index (χ2n) is 7.35. The molecule has 3 fully saturated rings. The number of aliphatic carboxylic acids is 1. The van der Waals surface area contributed by atoms with Gasteiger partial charge in [-0.2, -0.15) is 13.2 Å². The van der Waals surface area contributed by atoms with Crippen LogP contribution in [0.15, 0.2) is 12.4 Å². The van der Waals surface area contributed by atoms with Gasteiger partial charge in [-0.05, 0) is 25.7 Å². The summed E-state index contributed by atoms with van der Waals surface area (Å²) in [6.07, 6.45) is 0.490. The summed E-state index contributed by atoms with van der Waals surface area (Å²) in [5.74, 6) is -1.33. The molecule has 12 heteroatoms. The fourth-order valence-corrected chi connectivity index (χ4v) is 3.55. The predicted octanol–water partition coefficient (Wildman–Crippen LogP) is 1.38. The molecule has 0 aromatic carbocycles. The second kappa shape index (κ2) is 9.02. The molecule has 1 aliphatic carbocycles. The molecule has 1 saturated carbocycles. The van der Waals surface area contributed by atoms with Gasteiger partial charge >= 0.3 is 12.1 Å². The number of aromatic nitrogens is 2. The summed E-state index contributed by atoms with van der Waals surface area (Å²) in [5.41, 5.74) is 0. The normalized spacial score (nSPS) is 25.6. The number of anilines is 1. The van der Waals surface area contributed by atoms with E-state index in [-0.39, 0.29) is 24.0 Å². The van der Waals surface area contributed by atoms with Crippen LogP contribution in [0.5, 0.6) is 5.88 Å². The number of methoxy groups -OCH3 is 1. The molecule has 3 aliphatic rings. The van der Waals surface area contributed by atoms with E-state index in [0.717, 1.165) is 38.1 Å². The average molecular weight is 432 g/mol. The zero-order chi connectivity index (χ0) is 21.9. The van der Waals surface area contributed by atoms with Crippen molar-refractivity contribution >= 4 is 17.7 Å². The van der Waals surface area contributed by atoms with Crippen LogP contribution in [-0.4, -0.2) is 71.6 Å². The highest BCUT2D eigenvalue weighted by Gasteiger charge is 2.43. The molecular formula is C18H23F3N4O5. The monoisotopic (exact) mass is 432 g/mol. The number of fused-ring (bicyclic) bond motifs is 1. The average Bonchev–Trinajstić information content (AvgIpc) is 3.39. The van der Waals surface area contributed by atoms with Crippen molar-refractivity contribution in [2.24, 2.45) is 5.92 Å². The summed E-state index contributed by atoms with van der Waals surface area (Å²) in [5, 5.41) is 10.2. The van der Waals surface area contributed by atoms with Crippen molar-refractivity contribution in [3.05, 3.63) is 12.4 Å². The Balaban J connectivity index is 0.000000318. The van der Waals surface area contributed by atoms with Gasteiger partial charge in [-0.25, -0.2) is 14.8 Å². The van der Waals surface area contributed by atoms with Gasteiger partial charge in [0.1, 0.15) is 12.1 Å². The SMILES string of the molecule is COc1cc(N2C[C@@H](C(=O)NC3CC3)C[C@H]3OCC[C@H]32)ncn1.O=C(O)C(F)(F)F. The molecule has 30 heavy (non-hydrogen) atoms. The summed E-state index contributed by atoms with van der Waals surface area (Å²) in [7, 11) is 1.59. The Morgan fingerprint density at radius 2 is 2.00 bits per heavy atom. The van der Waals surface area contributed by atoms with Crippen LogP contribution in [-0.2, 0) is 14.3 Å². The number of carboxylic acid groups (broad SMARTS) is 1. The first kappa shape index (κ1) is 22.1. The zero-order valence-electron chi connectivity index (χ0n) is 16.3. The molecule has 2 aliphatic heterocycles. The van der Waals surface area contributed by atoms with Gasteiger partial charge in [-0.15, -0.1) is 0 Å². The largest absolute Gasteiger partial charge is 0.490 e. The number of rotatable bonds is 4. The van der Waals surface area contributed by atoms with E-state index in [0.29, 0.717) is 18.5 Å². The summed E-state index contributed by atoms with van der Waals surface area (Å²) >= 11 is 0. The number of hydrogen-bond acceptors (Lipinski definition) is 7. The highest BCUT2D eigenvalue weighted by Crippen LogP contribution is 2.35. The van der Waals surface area contributed by atoms with Crippen LogP contribution in [0.1, 0.15) is 25.7 Å². The lowest BCUT2D eigenvalue weighted by Crippen LogP contribution is -2.53. The number of amides is 1. The third-order valence-electron chi connectivity index (χ3n) is 5.18. The number of carboxylic acids is 1. The van der Waals surface area contributed by atoms with Crippen LogP contribution in [0.25, 0.3) is 0 Å². The summed E-state index contributed by atoms with van der Waals surface area (Å²) in [6.45, 7) is 1.41. The summed E-state index contributed by atoms with van der Waals surface area (Å²) in [4.78, 5) is 32.0. The number of carbonyl (C=O) groups is 2. The van der Waals surface area contributed by atoms with Crippen molar-refractivity contribution < 1.29 is 37.3 Å². The van der Waals surface area contributed by atoms with Gasteiger partial charge < -0.3 is 24.8 Å². The van der Waals surface area contributed by atoms with Crippen LogP contribution in [0.2, 0.25) is 0 Å². The summed E-state index contributed by atoms with van der Waals surface area (Å²) in [6, 6.07) is 2.49. The maximum absolute atomic E-state index is 12.5. The highest BCUT2D eigenvalue weighted by atomic mass is 19.4. The molecule has 0 unspecified atom stereocenters. The fraction of sp³-hybridized carbons (Fsp3) is 0.667. The van der Waals surface area contributed by atoms with E-state index in [1.54, 1.807) is 7.11 Å². The lowest BCUT2D eigenvalue weighted by molar-refractivity contribution is -0.192. The van der Waals surface area contributed by atoms with E-state index in [9.17, 15) is 18.0 Å². The minimum Gasteiger partial charge on any atom is -0.481 e. The molecule has 1 aromatic rings. The Morgan fingerprint density at radius 1 is 1.30 bits per heavy atom. The second-order valence-corrected chi connectivity index (χ2v) is 7.35. The van der Waals surface area contributed by atoms with Crippen LogP contribution in [0.4, 0.5) is 19.0 Å². The van der Waals surface area contributed by atoms with Gasteiger partial charge in [0.2, 0.25) is 11.8 Å². The molecule has 0 spiro atoms. The third-order valence-corrected chi connectivity index (χ3v) is 5.18. The first-order valence-electron chi connectivity index (χ1n) is 9.53. The number of piperidine rings is 1. The number of carbonyl (C=O) groups excluding carboxylic acids is 1. The maximum Gasteiger partial charge on any atom is 0.490 e. The smallest absolute Gasteiger partial charge is 0.481 e. The van der Waals surface area contributed by atoms with Crippen LogP contribution in [0.3, 0.4) is 0 Å². The molecule has 0 radical (unpaired) electrons. The molecule has 2 saturated heterocycles. The maximum atomic E-state index is 12.5. The molecule has 2 N–H and O–H groups in total. The van der Waals surface area contributed by atoms with Crippen molar-refractivity contribution in [1.29, 1.82) is 0 Å². The molecule has 1 amide bonds. The topological polar surface area (TPSA) is 114 Å². The van der Waals surface area contributed by atoms with Crippen molar-refractivity contribution in [3.63, 3.8) is 0 Å². The number of ether oxygens (including phenoxy) is 2. The minimum atomic E-state index is -5.08. The number of alkyl halides is 3. The van der Waals surface area contributed by atoms with Crippen molar-refractivity contribution in [1.82, 2.24) is 15.3 Å². The van der Waals surface area contributed by atoms with Crippen molar-refractivity contribution in [2.75, 3.05) is 25.2 Å². The molecule has 166 valence electrons. The standard InChI is InChI=1S/C16H22N4O3.C2HF3O2/c1-22-15-7-14(17-9-18-15)20-8-10(16(21)19-11-2-3-11)6-13-12(20)4-5-23-13;3-2(4,5)1(6)7/h7,9-13H,2-6,8H2,1H3,(H,19,21);(H,6,7)/t10-,12+,13+;/m0./s1. The van der Waals surface area contributed by atoms with Crippen LogP contribution >= 0.6 is 0 Å². The molecule has 3 heterocycles. The highest BCUT2D eigenvalue weighted by molar-refractivity contribution is 5.80. The first-order chi connectivity index (χ1) is 14.2. The Kier molecular flexibility index (Phi) is 6.64. The van der Waals surface area contributed by atoms with Crippen LogP contribution in [0, 0.1) is 5.92 Å². The van der Waals surface area contributed by atoms with E-state index >= 15 is 0 Å². The summed E-state index contributed by atoms with van der Waals surface area (Å²) < 4.78 is 42.8. The lowest BCUT2D eigenvalue weighted by Gasteiger charge is -2.41. The Labute approximate surface area is 170 Å². The number of nitrogens with zero attached hydrogens (tertiary/aromatic N) is 3. The van der Waals surface area contributed by atoms with E-state index < -0.39 is 12.1 Å². The molecule has 3 atom stereocenters. The van der Waals surface area contributed by atoms with Gasteiger partial charge in [0, 0.05) is 25.3 Å². The number of hydrogen-bond donors (Lipinski definition) is 2. The van der Waals surface area contributed by atoms with E-state index in [1.165, 1.54) is 6.33 Å². The van der Waals surface area contributed by atoms with Gasteiger partial charge in [-0.3, -0.25) is 4.79 Å². The quantitative estimate of drug-likeness (QED) is 0.734. The predicted molar refractivity (Wildman–Crippen MR) is 97.0 cm³/mol. The lowest BCUT2D eigenvalue weighted by atomic mass is 9.89. The Hall–Kier alpha value is -2.63. The van der Waals surface area contributed by atoms with Gasteiger partial charge in [0.25, 0.3) is 0 Å².